The van der Waals surface area contributed by atoms with Crippen LogP contribution < -0.4 is 0 Å². The number of hydrogen-bond donors (Lipinski definition) is 1. The summed E-state index contributed by atoms with van der Waals surface area (Å²) in [7, 11) is -5.71. The van der Waals surface area contributed by atoms with Crippen molar-refractivity contribution >= 4 is 22.1 Å². The third kappa shape index (κ3) is 3.84. The number of alkyl halides is 2. The highest BCUT2D eigenvalue weighted by atomic mass is 32.2. The average molecular weight is 382 g/mol. The summed E-state index contributed by atoms with van der Waals surface area (Å²) in [5.41, 5.74) is 0.211. The normalized spacial score (nSPS) is 30.0. The highest BCUT2D eigenvalue weighted by Gasteiger charge is 2.55. The fourth-order valence-corrected chi connectivity index (χ4v) is 3.94. The van der Waals surface area contributed by atoms with Crippen LogP contribution >= 0.6 is 0 Å². The molecule has 2 aliphatic rings. The van der Waals surface area contributed by atoms with Gasteiger partial charge in [0.25, 0.3) is 0 Å². The Morgan fingerprint density at radius 1 is 1.28 bits per heavy atom. The van der Waals surface area contributed by atoms with E-state index in [2.05, 4.69) is 11.3 Å². The molecule has 0 aromatic carbocycles. The quantitative estimate of drug-likeness (QED) is 0.425. The van der Waals surface area contributed by atoms with Crippen LogP contribution in [-0.2, 0) is 29.2 Å². The van der Waals surface area contributed by atoms with Gasteiger partial charge in [0, 0.05) is 11.5 Å². The van der Waals surface area contributed by atoms with E-state index >= 15 is 0 Å². The zero-order valence-corrected chi connectivity index (χ0v) is 14.6. The van der Waals surface area contributed by atoms with E-state index in [4.69, 9.17) is 9.29 Å². The third-order valence-corrected chi connectivity index (χ3v) is 5.79. The fraction of sp³-hybridized carbons (Fsp3) is 0.733. The van der Waals surface area contributed by atoms with Crippen LogP contribution in [0.3, 0.4) is 0 Å². The zero-order chi connectivity index (χ0) is 19.2. The van der Waals surface area contributed by atoms with Gasteiger partial charge in [-0.3, -0.25) is 9.35 Å². The number of fused-ring (bicyclic) bond motifs is 2. The number of esters is 2. The van der Waals surface area contributed by atoms with E-state index in [1.54, 1.807) is 0 Å². The maximum atomic E-state index is 13.5. The Balaban J connectivity index is 2.03. The first kappa shape index (κ1) is 19.8. The summed E-state index contributed by atoms with van der Waals surface area (Å²) in [6.45, 7) is 5.65. The third-order valence-electron chi connectivity index (χ3n) is 4.77. The first-order valence-corrected chi connectivity index (χ1v) is 9.20. The molecular weight excluding hydrogens is 362 g/mol. The fourth-order valence-electron chi connectivity index (χ4n) is 3.47. The number of ether oxygens (including phenoxy) is 2. The zero-order valence-electron chi connectivity index (χ0n) is 13.8. The molecule has 25 heavy (non-hydrogen) atoms. The summed E-state index contributed by atoms with van der Waals surface area (Å²) in [4.78, 5) is 23.8. The Hall–Kier alpha value is -1.55. The van der Waals surface area contributed by atoms with E-state index in [1.165, 1.54) is 6.92 Å². The topological polar surface area (TPSA) is 107 Å². The molecule has 1 N–H and O–H groups in total. The molecule has 0 aromatic heterocycles. The molecule has 0 saturated heterocycles. The van der Waals surface area contributed by atoms with E-state index in [9.17, 15) is 26.8 Å². The standard InChI is InChI=1S/C15H20F2O7S/c1-7(2)13(18)24-12-6-9-4-10(12)11(5-9)14(19)23-8(3)15(16,17)25(20,21)22/h8-12H,1,4-6H2,2-3H3,(H,20,21,22). The molecule has 0 aromatic rings. The van der Waals surface area contributed by atoms with Gasteiger partial charge in [0.2, 0.25) is 0 Å². The van der Waals surface area contributed by atoms with Gasteiger partial charge in [0.1, 0.15) is 6.10 Å². The maximum Gasteiger partial charge on any atom is 0.405 e. The highest BCUT2D eigenvalue weighted by Crippen LogP contribution is 2.50. The molecule has 2 rings (SSSR count). The van der Waals surface area contributed by atoms with Crippen LogP contribution in [0.5, 0.6) is 0 Å². The van der Waals surface area contributed by atoms with Crippen molar-refractivity contribution in [3.8, 4) is 0 Å². The number of hydrogen-bond acceptors (Lipinski definition) is 6. The largest absolute Gasteiger partial charge is 0.459 e. The summed E-state index contributed by atoms with van der Waals surface area (Å²) in [5, 5.41) is -4.61. The van der Waals surface area contributed by atoms with Crippen molar-refractivity contribution < 1.29 is 40.8 Å². The molecule has 5 unspecified atom stereocenters. The molecule has 5 atom stereocenters. The van der Waals surface area contributed by atoms with Gasteiger partial charge in [0.05, 0.1) is 5.92 Å². The summed E-state index contributed by atoms with van der Waals surface area (Å²) in [5.74, 6) is -2.60. The lowest BCUT2D eigenvalue weighted by molar-refractivity contribution is -0.170. The van der Waals surface area contributed by atoms with E-state index in [1.807, 2.05) is 0 Å². The summed E-state index contributed by atoms with van der Waals surface area (Å²) in [6, 6.07) is 0. The molecule has 0 spiro atoms. The molecule has 2 saturated carbocycles. The Kier molecular flexibility index (Phi) is 5.25. The second-order valence-electron chi connectivity index (χ2n) is 6.68. The van der Waals surface area contributed by atoms with E-state index in [-0.39, 0.29) is 17.4 Å². The lowest BCUT2D eigenvalue weighted by Crippen LogP contribution is -2.44. The van der Waals surface area contributed by atoms with Crippen molar-refractivity contribution in [3.05, 3.63) is 12.2 Å². The van der Waals surface area contributed by atoms with Crippen LogP contribution in [0, 0.1) is 17.8 Å². The number of carbonyl (C=O) groups excluding carboxylic acids is 2. The second kappa shape index (κ2) is 6.64. The molecule has 0 heterocycles. The van der Waals surface area contributed by atoms with Crippen molar-refractivity contribution in [1.82, 2.24) is 0 Å². The molecule has 0 amide bonds. The van der Waals surface area contributed by atoms with Crippen molar-refractivity contribution in [2.24, 2.45) is 17.8 Å². The molecule has 10 heteroatoms. The Bertz CT molecular complexity index is 688. The minimum absolute atomic E-state index is 0.0999. The smallest absolute Gasteiger partial charge is 0.405 e. The van der Waals surface area contributed by atoms with Crippen molar-refractivity contribution in [2.45, 2.75) is 50.6 Å². The first-order chi connectivity index (χ1) is 11.3. The second-order valence-corrected chi connectivity index (χ2v) is 8.18. The summed E-state index contributed by atoms with van der Waals surface area (Å²) >= 11 is 0. The van der Waals surface area contributed by atoms with Gasteiger partial charge in [-0.05, 0) is 39.0 Å². The summed E-state index contributed by atoms with van der Waals surface area (Å²) < 4.78 is 66.9. The van der Waals surface area contributed by atoms with Gasteiger partial charge < -0.3 is 9.47 Å². The minimum atomic E-state index is -5.71. The van der Waals surface area contributed by atoms with Crippen LogP contribution in [0.25, 0.3) is 0 Å². The van der Waals surface area contributed by atoms with Crippen molar-refractivity contribution in [2.75, 3.05) is 0 Å². The van der Waals surface area contributed by atoms with Crippen LogP contribution in [0.2, 0.25) is 0 Å². The van der Waals surface area contributed by atoms with E-state index < -0.39 is 45.4 Å². The highest BCUT2D eigenvalue weighted by molar-refractivity contribution is 7.86. The lowest BCUT2D eigenvalue weighted by Gasteiger charge is -2.29. The maximum absolute atomic E-state index is 13.5. The predicted molar refractivity (Wildman–Crippen MR) is 81.1 cm³/mol. The van der Waals surface area contributed by atoms with Crippen molar-refractivity contribution in [3.63, 3.8) is 0 Å². The first-order valence-electron chi connectivity index (χ1n) is 7.76. The summed E-state index contributed by atoms with van der Waals surface area (Å²) in [6.07, 6.45) is -1.31. The van der Waals surface area contributed by atoms with Gasteiger partial charge in [-0.2, -0.15) is 17.2 Å². The van der Waals surface area contributed by atoms with Gasteiger partial charge in [-0.15, -0.1) is 0 Å². The molecule has 142 valence electrons. The Labute approximate surface area is 144 Å². The van der Waals surface area contributed by atoms with Gasteiger partial charge >= 0.3 is 27.3 Å². The monoisotopic (exact) mass is 382 g/mol. The molecule has 0 aliphatic heterocycles. The molecule has 7 nitrogen and oxygen atoms in total. The molecule has 2 fully saturated rings. The Morgan fingerprint density at radius 3 is 2.36 bits per heavy atom. The number of rotatable bonds is 6. The van der Waals surface area contributed by atoms with E-state index in [0.29, 0.717) is 26.2 Å². The average Bonchev–Trinajstić information content (AvgIpc) is 3.05. The molecule has 2 bridgehead atoms. The van der Waals surface area contributed by atoms with Crippen LogP contribution in [0.1, 0.15) is 33.1 Å². The van der Waals surface area contributed by atoms with Crippen LogP contribution in [-0.4, -0.2) is 42.4 Å². The SMILES string of the molecule is C=C(C)C(=O)OC1CC2CC(C(=O)OC(C)C(F)(F)S(=O)(=O)O)C1C2. The van der Waals surface area contributed by atoms with Gasteiger partial charge in [-0.25, -0.2) is 4.79 Å². The molecule has 2 aliphatic carbocycles. The molecule has 0 radical (unpaired) electrons. The number of carbonyl (C=O) groups is 2. The van der Waals surface area contributed by atoms with Crippen LogP contribution in [0.4, 0.5) is 8.78 Å². The Morgan fingerprint density at radius 2 is 1.88 bits per heavy atom. The molecular formula is C15H20F2O7S. The minimum Gasteiger partial charge on any atom is -0.459 e. The van der Waals surface area contributed by atoms with Crippen LogP contribution in [0.15, 0.2) is 12.2 Å². The number of halogens is 2. The van der Waals surface area contributed by atoms with Crippen molar-refractivity contribution in [1.29, 1.82) is 0 Å². The van der Waals surface area contributed by atoms with E-state index in [0.717, 1.165) is 0 Å². The van der Waals surface area contributed by atoms with Gasteiger partial charge in [-0.1, -0.05) is 6.58 Å². The van der Waals surface area contributed by atoms with Gasteiger partial charge in [0.15, 0.2) is 6.10 Å². The predicted octanol–water partition coefficient (Wildman–Crippen LogP) is 1.93. The lowest BCUT2D eigenvalue weighted by atomic mass is 9.86.